The summed E-state index contributed by atoms with van der Waals surface area (Å²) in [5, 5.41) is 8.47. The average molecular weight is 757 g/mol. The summed E-state index contributed by atoms with van der Waals surface area (Å²) in [4.78, 5) is 1.88. The highest BCUT2D eigenvalue weighted by atomic mass is 16.3. The molecule has 3 nitrogen and oxygen atoms in total. The Bertz CT molecular complexity index is 3720. The first-order valence-corrected chi connectivity index (χ1v) is 19.9. The Labute approximate surface area is 346 Å². The molecule has 0 amide bonds. The van der Waals surface area contributed by atoms with E-state index in [4.69, 9.17) is 4.42 Å². The molecular weight excluding hydrogens is 717 g/mol. The van der Waals surface area contributed by atoms with Crippen LogP contribution in [-0.2, 0) is 0 Å². The van der Waals surface area contributed by atoms with Crippen molar-refractivity contribution in [3.8, 4) is 27.9 Å². The summed E-state index contributed by atoms with van der Waals surface area (Å²) in [6.45, 7) is 0. The second kappa shape index (κ2) is 13.4. The summed E-state index contributed by atoms with van der Waals surface area (Å²) in [5.74, 6) is 0. The number of anilines is 3. The zero-order chi connectivity index (χ0) is 42.3. The smallest absolute Gasteiger partial charge is 0.143 e. The van der Waals surface area contributed by atoms with Crippen molar-refractivity contribution in [2.45, 2.75) is 0 Å². The summed E-state index contributed by atoms with van der Waals surface area (Å²) in [6, 6.07) is 64.7. The largest absolute Gasteiger partial charge is 0.455 e. The molecule has 12 rings (SSSR count). The molecule has 0 fully saturated rings. The highest BCUT2D eigenvalue weighted by molar-refractivity contribution is 6.15. The molecular formula is C56H36N2O. The second-order valence-electron chi connectivity index (χ2n) is 15.0. The Morgan fingerprint density at radius 1 is 0.407 bits per heavy atom. The third-order valence-electron chi connectivity index (χ3n) is 11.7. The van der Waals surface area contributed by atoms with Crippen LogP contribution in [0.15, 0.2) is 223 Å². The van der Waals surface area contributed by atoms with E-state index in [-0.39, 0.29) is 35.5 Å². The number of rotatable bonds is 6. The van der Waals surface area contributed by atoms with Gasteiger partial charge in [0, 0.05) is 49.6 Å². The molecule has 2 heterocycles. The van der Waals surface area contributed by atoms with Crippen LogP contribution in [-0.4, -0.2) is 4.57 Å². The monoisotopic (exact) mass is 756 g/mol. The summed E-state index contributed by atoms with van der Waals surface area (Å²) >= 11 is 0. The summed E-state index contributed by atoms with van der Waals surface area (Å²) in [5.41, 5.74) is 8.79. The third-order valence-corrected chi connectivity index (χ3v) is 11.7. The molecule has 0 bridgehead atoms. The Balaban J connectivity index is 1.08. The standard InChI is InChI=1S/C56H36N2O/c1-3-15-44-37(12-1)14-11-20-45(44)39-24-28-41(29-25-39)57(42-30-32-43(33-31-42)58-53-22-9-6-18-48(53)49-19-7-10-23-54(49)58)52-21-8-5-16-46(52)40-27-34-50-51-35-26-38-13-2-4-17-47(38)56(51)59-55(50)36-40/h1-36H/i30D,31D,32D,33D. The minimum Gasteiger partial charge on any atom is -0.455 e. The van der Waals surface area contributed by atoms with Crippen molar-refractivity contribution < 1.29 is 9.90 Å². The van der Waals surface area contributed by atoms with Gasteiger partial charge in [-0.3, -0.25) is 0 Å². The molecule has 0 unspecified atom stereocenters. The van der Waals surface area contributed by atoms with E-state index in [9.17, 15) is 5.48 Å². The Morgan fingerprint density at radius 3 is 1.75 bits per heavy atom. The fourth-order valence-corrected chi connectivity index (χ4v) is 8.93. The van der Waals surface area contributed by atoms with Gasteiger partial charge in [0.05, 0.1) is 22.2 Å². The number of hydrogen-bond donors (Lipinski definition) is 0. The lowest BCUT2D eigenvalue weighted by molar-refractivity contribution is 0.673. The highest BCUT2D eigenvalue weighted by Crippen LogP contribution is 2.44. The molecule has 3 heteroatoms. The zero-order valence-corrected chi connectivity index (χ0v) is 31.8. The predicted octanol–water partition coefficient (Wildman–Crippen LogP) is 15.8. The van der Waals surface area contributed by atoms with E-state index < -0.39 is 0 Å². The van der Waals surface area contributed by atoms with Gasteiger partial charge in [0.15, 0.2) is 0 Å². The third kappa shape index (κ3) is 5.36. The molecule has 10 aromatic carbocycles. The first-order chi connectivity index (χ1) is 30.9. The topological polar surface area (TPSA) is 21.3 Å². The van der Waals surface area contributed by atoms with Crippen LogP contribution in [0, 0.1) is 0 Å². The van der Waals surface area contributed by atoms with E-state index in [0.717, 1.165) is 87.5 Å². The maximum absolute atomic E-state index is 9.84. The van der Waals surface area contributed by atoms with Gasteiger partial charge in [0.1, 0.15) is 11.2 Å². The van der Waals surface area contributed by atoms with Crippen molar-refractivity contribution in [3.05, 3.63) is 218 Å². The molecule has 12 aromatic rings. The van der Waals surface area contributed by atoms with Gasteiger partial charge in [0.2, 0.25) is 0 Å². The Hall–Kier alpha value is -7.88. The SMILES string of the molecule is [2H]c1c([2H])c(-n2c3ccccc3c3ccccc32)c([2H])c([2H])c1N(c1ccc(-c2cccc3ccccc23)cc1)c1ccccc1-c1ccc2c(c1)oc1c3ccccc3ccc21. The summed E-state index contributed by atoms with van der Waals surface area (Å²) < 4.78 is 47.6. The summed E-state index contributed by atoms with van der Waals surface area (Å²) in [6.07, 6.45) is 0. The molecule has 0 radical (unpaired) electrons. The molecule has 0 atom stereocenters. The fraction of sp³-hybridized carbons (Fsp3) is 0. The van der Waals surface area contributed by atoms with Crippen LogP contribution < -0.4 is 4.90 Å². The molecule has 0 aliphatic carbocycles. The van der Waals surface area contributed by atoms with Crippen LogP contribution in [0.2, 0.25) is 0 Å². The number of hydrogen-bond acceptors (Lipinski definition) is 2. The van der Waals surface area contributed by atoms with Gasteiger partial charge in [-0.25, -0.2) is 0 Å². The van der Waals surface area contributed by atoms with Crippen molar-refractivity contribution in [2.75, 3.05) is 4.90 Å². The number of aromatic nitrogens is 1. The van der Waals surface area contributed by atoms with Gasteiger partial charge < -0.3 is 13.9 Å². The summed E-state index contributed by atoms with van der Waals surface area (Å²) in [7, 11) is 0. The molecule has 0 saturated heterocycles. The van der Waals surface area contributed by atoms with E-state index >= 15 is 0 Å². The first kappa shape index (κ1) is 29.4. The van der Waals surface area contributed by atoms with Gasteiger partial charge in [-0.1, -0.05) is 146 Å². The van der Waals surface area contributed by atoms with Crippen LogP contribution >= 0.6 is 0 Å². The van der Waals surface area contributed by atoms with Crippen molar-refractivity contribution in [3.63, 3.8) is 0 Å². The molecule has 276 valence electrons. The van der Waals surface area contributed by atoms with Crippen molar-refractivity contribution in [2.24, 2.45) is 0 Å². The van der Waals surface area contributed by atoms with Crippen molar-refractivity contribution in [1.29, 1.82) is 0 Å². The Morgan fingerprint density at radius 2 is 0.983 bits per heavy atom. The van der Waals surface area contributed by atoms with Gasteiger partial charge in [-0.15, -0.1) is 0 Å². The maximum Gasteiger partial charge on any atom is 0.143 e. The highest BCUT2D eigenvalue weighted by Gasteiger charge is 2.20. The molecule has 2 aromatic heterocycles. The fourth-order valence-electron chi connectivity index (χ4n) is 8.93. The van der Waals surface area contributed by atoms with E-state index in [2.05, 4.69) is 91.0 Å². The number of benzene rings is 10. The van der Waals surface area contributed by atoms with Crippen LogP contribution in [0.4, 0.5) is 17.1 Å². The minimum absolute atomic E-state index is 0.136. The van der Waals surface area contributed by atoms with Crippen LogP contribution in [0.1, 0.15) is 5.48 Å². The van der Waals surface area contributed by atoms with Gasteiger partial charge in [-0.05, 0) is 106 Å². The average Bonchev–Trinajstić information content (AvgIpc) is 3.88. The quantitative estimate of drug-likeness (QED) is 0.168. The molecule has 0 N–H and O–H groups in total. The van der Waals surface area contributed by atoms with Crippen molar-refractivity contribution in [1.82, 2.24) is 4.57 Å². The molecule has 59 heavy (non-hydrogen) atoms. The normalized spacial score (nSPS) is 12.7. The number of para-hydroxylation sites is 3. The lowest BCUT2D eigenvalue weighted by Crippen LogP contribution is -2.11. The first-order valence-electron chi connectivity index (χ1n) is 21.9. The maximum atomic E-state index is 9.84. The molecule has 0 aliphatic rings. The van der Waals surface area contributed by atoms with Gasteiger partial charge in [-0.2, -0.15) is 0 Å². The van der Waals surface area contributed by atoms with E-state index in [1.807, 2.05) is 113 Å². The van der Waals surface area contributed by atoms with Crippen LogP contribution in [0.25, 0.3) is 93.2 Å². The van der Waals surface area contributed by atoms with Gasteiger partial charge in [0.25, 0.3) is 0 Å². The minimum atomic E-state index is -0.152. The number of furan rings is 1. The molecule has 0 aliphatic heterocycles. The Kier molecular flexibility index (Phi) is 6.65. The second-order valence-corrected chi connectivity index (χ2v) is 15.0. The van der Waals surface area contributed by atoms with Gasteiger partial charge >= 0.3 is 0 Å². The van der Waals surface area contributed by atoms with Crippen LogP contribution in [0.5, 0.6) is 0 Å². The lowest BCUT2D eigenvalue weighted by atomic mass is 9.97. The van der Waals surface area contributed by atoms with Crippen molar-refractivity contribution >= 4 is 82.4 Å². The number of nitrogens with zero attached hydrogens (tertiary/aromatic N) is 2. The molecule has 0 saturated carbocycles. The zero-order valence-electron chi connectivity index (χ0n) is 35.8. The molecule has 0 spiro atoms. The van der Waals surface area contributed by atoms with Crippen LogP contribution in [0.3, 0.4) is 0 Å². The van der Waals surface area contributed by atoms with E-state index in [1.54, 1.807) is 0 Å². The van der Waals surface area contributed by atoms with E-state index in [1.165, 1.54) is 0 Å². The lowest BCUT2D eigenvalue weighted by Gasteiger charge is -2.28. The van der Waals surface area contributed by atoms with E-state index in [0.29, 0.717) is 11.4 Å². The predicted molar refractivity (Wildman–Crippen MR) is 249 cm³/mol. The number of fused-ring (bicyclic) bond motifs is 9.